The Labute approximate surface area is 209 Å². The van der Waals surface area contributed by atoms with Crippen molar-refractivity contribution in [2.45, 2.75) is 36.8 Å². The zero-order valence-corrected chi connectivity index (χ0v) is 19.1. The van der Waals surface area contributed by atoms with Crippen LogP contribution in [-0.4, -0.2) is 77.6 Å². The molecule has 1 saturated carbocycles. The van der Waals surface area contributed by atoms with Gasteiger partial charge in [0, 0.05) is 25.0 Å². The number of hydrogen-bond donors (Lipinski definition) is 7. The molecule has 0 spiro atoms. The standard InChI is InChI=1S/C25H24O12/c26-15-5-1-13(9-17(15)28)3-7-21(31)36-20-12-25(35,24(33)34)11-19(30)23(20)37-22(32)8-4-14-2-6-16(27)18(29)10-14/h1-10,19-20,23,26-30,35H,11-12H2,(H,33,34)/b7-3+,8-4+/t19?,20?,23-,25-/m0/s1. The van der Waals surface area contributed by atoms with Crippen LogP contribution in [0.15, 0.2) is 48.6 Å². The topological polar surface area (TPSA) is 211 Å². The molecule has 7 N–H and O–H groups in total. The molecule has 37 heavy (non-hydrogen) atoms. The van der Waals surface area contributed by atoms with Crippen LogP contribution < -0.4 is 0 Å². The summed E-state index contributed by atoms with van der Waals surface area (Å²) in [5.74, 6) is -5.29. The lowest BCUT2D eigenvalue weighted by atomic mass is 9.79. The lowest BCUT2D eigenvalue weighted by Crippen LogP contribution is -2.58. The van der Waals surface area contributed by atoms with Crippen LogP contribution in [0.1, 0.15) is 24.0 Å². The third kappa shape index (κ3) is 6.78. The fraction of sp³-hybridized carbons (Fsp3) is 0.240. The van der Waals surface area contributed by atoms with Gasteiger partial charge in [0.2, 0.25) is 0 Å². The summed E-state index contributed by atoms with van der Waals surface area (Å²) in [7, 11) is 0. The lowest BCUT2D eigenvalue weighted by molar-refractivity contribution is -0.204. The number of carbonyl (C=O) groups excluding carboxylic acids is 2. The number of benzene rings is 2. The molecule has 0 bridgehead atoms. The second-order valence-corrected chi connectivity index (χ2v) is 8.35. The molecule has 12 heteroatoms. The Bertz CT molecular complexity index is 1250. The number of aromatic hydroxyl groups is 4. The minimum absolute atomic E-state index is 0.311. The SMILES string of the molecule is O=C(/C=C/c1ccc(O)c(O)c1)OC1C[C@](O)(C(=O)O)CC(O)[C@@H]1OC(=O)/C=C/c1ccc(O)c(O)c1. The number of ether oxygens (including phenoxy) is 2. The number of phenols is 4. The van der Waals surface area contributed by atoms with Gasteiger partial charge in [-0.2, -0.15) is 0 Å². The Balaban J connectivity index is 1.75. The van der Waals surface area contributed by atoms with Crippen LogP contribution in [0.5, 0.6) is 23.0 Å². The van der Waals surface area contributed by atoms with Gasteiger partial charge in [0.05, 0.1) is 6.10 Å². The van der Waals surface area contributed by atoms with E-state index in [1.54, 1.807) is 0 Å². The number of aliphatic carboxylic acids is 1. The van der Waals surface area contributed by atoms with Gasteiger partial charge in [0.15, 0.2) is 34.7 Å². The van der Waals surface area contributed by atoms with Crippen molar-refractivity contribution in [3.8, 4) is 23.0 Å². The molecule has 1 aliphatic carbocycles. The first-order valence-corrected chi connectivity index (χ1v) is 10.8. The summed E-state index contributed by atoms with van der Waals surface area (Å²) in [5.41, 5.74) is -1.82. The summed E-state index contributed by atoms with van der Waals surface area (Å²) >= 11 is 0. The van der Waals surface area contributed by atoms with Gasteiger partial charge in [-0.05, 0) is 47.5 Å². The van der Waals surface area contributed by atoms with Gasteiger partial charge in [-0.15, -0.1) is 0 Å². The number of carboxylic acid groups (broad SMARTS) is 1. The highest BCUT2D eigenvalue weighted by atomic mass is 16.6. The second kappa shape index (κ2) is 11.0. The third-order valence-corrected chi connectivity index (χ3v) is 5.57. The van der Waals surface area contributed by atoms with Crippen LogP contribution >= 0.6 is 0 Å². The molecule has 2 aromatic rings. The number of hydrogen-bond acceptors (Lipinski definition) is 11. The van der Waals surface area contributed by atoms with Crippen LogP contribution in [0.2, 0.25) is 0 Å². The quantitative estimate of drug-likeness (QED) is 0.156. The third-order valence-electron chi connectivity index (χ3n) is 5.57. The summed E-state index contributed by atoms with van der Waals surface area (Å²) < 4.78 is 10.4. The summed E-state index contributed by atoms with van der Waals surface area (Å²) in [6, 6.07) is 7.50. The summed E-state index contributed by atoms with van der Waals surface area (Å²) in [6.45, 7) is 0. The molecule has 0 amide bonds. The number of aliphatic hydroxyl groups is 2. The van der Waals surface area contributed by atoms with E-state index in [2.05, 4.69) is 0 Å². The van der Waals surface area contributed by atoms with Gasteiger partial charge >= 0.3 is 17.9 Å². The second-order valence-electron chi connectivity index (χ2n) is 8.35. The molecule has 2 unspecified atom stereocenters. The van der Waals surface area contributed by atoms with E-state index in [-0.39, 0.29) is 11.5 Å². The molecule has 4 atom stereocenters. The predicted octanol–water partition coefficient (Wildman–Crippen LogP) is 1.03. The van der Waals surface area contributed by atoms with E-state index in [9.17, 15) is 50.1 Å². The highest BCUT2D eigenvalue weighted by molar-refractivity contribution is 5.88. The Kier molecular flexibility index (Phi) is 8.05. The summed E-state index contributed by atoms with van der Waals surface area (Å²) in [4.78, 5) is 36.3. The summed E-state index contributed by atoms with van der Waals surface area (Å²) in [6.07, 6.45) is -1.86. The summed E-state index contributed by atoms with van der Waals surface area (Å²) in [5, 5.41) is 68.0. The molecule has 0 saturated heterocycles. The van der Waals surface area contributed by atoms with Gasteiger partial charge in [-0.25, -0.2) is 14.4 Å². The van der Waals surface area contributed by atoms with Crippen LogP contribution in [0, 0.1) is 0 Å². The van der Waals surface area contributed by atoms with E-state index in [1.165, 1.54) is 42.5 Å². The largest absolute Gasteiger partial charge is 0.504 e. The van der Waals surface area contributed by atoms with Gasteiger partial charge in [0.1, 0.15) is 6.10 Å². The Morgan fingerprint density at radius 2 is 1.27 bits per heavy atom. The van der Waals surface area contributed by atoms with Crippen molar-refractivity contribution in [3.63, 3.8) is 0 Å². The van der Waals surface area contributed by atoms with Crippen molar-refractivity contribution in [1.82, 2.24) is 0 Å². The fourth-order valence-electron chi connectivity index (χ4n) is 3.66. The molecule has 1 aliphatic rings. The molecule has 3 rings (SSSR count). The maximum absolute atomic E-state index is 12.4. The average molecular weight is 516 g/mol. The molecule has 0 heterocycles. The Hall–Kier alpha value is -4.55. The van der Waals surface area contributed by atoms with Gasteiger partial charge in [-0.3, -0.25) is 0 Å². The molecule has 0 aromatic heterocycles. The first-order valence-electron chi connectivity index (χ1n) is 10.8. The normalized spacial score (nSPS) is 23.7. The number of esters is 2. The highest BCUT2D eigenvalue weighted by Gasteiger charge is 2.52. The van der Waals surface area contributed by atoms with Crippen molar-refractivity contribution in [2.75, 3.05) is 0 Å². The van der Waals surface area contributed by atoms with Crippen molar-refractivity contribution in [2.24, 2.45) is 0 Å². The van der Waals surface area contributed by atoms with Crippen molar-refractivity contribution < 1.29 is 59.6 Å². The molecular weight excluding hydrogens is 492 g/mol. The van der Waals surface area contributed by atoms with Gasteiger partial charge in [-0.1, -0.05) is 12.1 Å². The molecular formula is C25H24O12. The van der Waals surface area contributed by atoms with E-state index in [1.807, 2.05) is 0 Å². The zero-order valence-electron chi connectivity index (χ0n) is 19.1. The number of carboxylic acids is 1. The maximum atomic E-state index is 12.4. The maximum Gasteiger partial charge on any atom is 0.335 e. The first-order chi connectivity index (χ1) is 17.4. The minimum atomic E-state index is -2.46. The van der Waals surface area contributed by atoms with E-state index >= 15 is 0 Å². The van der Waals surface area contributed by atoms with Crippen molar-refractivity contribution in [1.29, 1.82) is 0 Å². The Morgan fingerprint density at radius 3 is 1.73 bits per heavy atom. The van der Waals surface area contributed by atoms with E-state index in [0.717, 1.165) is 18.2 Å². The number of rotatable bonds is 7. The minimum Gasteiger partial charge on any atom is -0.504 e. The van der Waals surface area contributed by atoms with Crippen molar-refractivity contribution in [3.05, 3.63) is 59.7 Å². The zero-order chi connectivity index (χ0) is 27.3. The molecule has 0 aliphatic heterocycles. The van der Waals surface area contributed by atoms with Crippen LogP contribution in [-0.2, 0) is 23.9 Å². The van der Waals surface area contributed by atoms with Crippen LogP contribution in [0.4, 0.5) is 0 Å². The van der Waals surface area contributed by atoms with Crippen LogP contribution in [0.25, 0.3) is 12.2 Å². The molecule has 0 radical (unpaired) electrons. The smallest absolute Gasteiger partial charge is 0.335 e. The monoisotopic (exact) mass is 516 g/mol. The Morgan fingerprint density at radius 1 is 0.784 bits per heavy atom. The fourth-order valence-corrected chi connectivity index (χ4v) is 3.66. The van der Waals surface area contributed by atoms with Gasteiger partial charge in [0.25, 0.3) is 0 Å². The molecule has 2 aromatic carbocycles. The van der Waals surface area contributed by atoms with E-state index in [4.69, 9.17) is 9.47 Å². The molecule has 1 fully saturated rings. The first kappa shape index (κ1) is 27.0. The van der Waals surface area contributed by atoms with Crippen molar-refractivity contribution >= 4 is 30.1 Å². The average Bonchev–Trinajstić information content (AvgIpc) is 2.82. The molecule has 12 nitrogen and oxygen atoms in total. The van der Waals surface area contributed by atoms with E-state index < -0.39 is 66.2 Å². The predicted molar refractivity (Wildman–Crippen MR) is 125 cm³/mol. The van der Waals surface area contributed by atoms with Gasteiger partial charge < -0.3 is 45.2 Å². The van der Waals surface area contributed by atoms with E-state index in [0.29, 0.717) is 11.1 Å². The number of aliphatic hydroxyl groups excluding tert-OH is 1. The van der Waals surface area contributed by atoms with Crippen LogP contribution in [0.3, 0.4) is 0 Å². The molecule has 196 valence electrons. The number of phenolic OH excluding ortho intramolecular Hbond substituents is 4. The number of carbonyl (C=O) groups is 3. The lowest BCUT2D eigenvalue weighted by Gasteiger charge is -2.40. The highest BCUT2D eigenvalue weighted by Crippen LogP contribution is 2.33.